The second-order valence-electron chi connectivity index (χ2n) is 7.20. The average molecular weight is 366 g/mol. The van der Waals surface area contributed by atoms with Gasteiger partial charge < -0.3 is 19.1 Å². The van der Waals surface area contributed by atoms with E-state index in [0.717, 1.165) is 78.7 Å². The van der Waals surface area contributed by atoms with Crippen LogP contribution in [0.1, 0.15) is 19.3 Å². The molecule has 0 amide bonds. The summed E-state index contributed by atoms with van der Waals surface area (Å²) in [5.74, 6) is 2.63. The lowest BCUT2D eigenvalue weighted by Crippen LogP contribution is -2.18. The molecule has 0 spiro atoms. The molecular formula is C22H26N2O3. The lowest BCUT2D eigenvalue weighted by Gasteiger charge is -2.19. The van der Waals surface area contributed by atoms with Gasteiger partial charge in [-0.3, -0.25) is 0 Å². The molecule has 27 heavy (non-hydrogen) atoms. The van der Waals surface area contributed by atoms with Crippen LogP contribution >= 0.6 is 0 Å². The summed E-state index contributed by atoms with van der Waals surface area (Å²) >= 11 is 0. The van der Waals surface area contributed by atoms with Crippen LogP contribution in [0.5, 0.6) is 0 Å². The predicted octanol–water partition coefficient (Wildman–Crippen LogP) is 3.65. The van der Waals surface area contributed by atoms with Crippen LogP contribution in [0, 0.1) is 0 Å². The Morgan fingerprint density at radius 2 is 2.04 bits per heavy atom. The minimum atomic E-state index is 0.622. The van der Waals surface area contributed by atoms with E-state index in [9.17, 15) is 0 Å². The number of rotatable bonds is 7. The zero-order valence-electron chi connectivity index (χ0n) is 16.0. The van der Waals surface area contributed by atoms with Crippen molar-refractivity contribution in [3.8, 4) is 0 Å². The smallest absolute Gasteiger partial charge is 0.194 e. The van der Waals surface area contributed by atoms with Gasteiger partial charge in [-0.25, -0.2) is 4.99 Å². The zero-order chi connectivity index (χ0) is 18.6. The summed E-state index contributed by atoms with van der Waals surface area (Å²) in [6, 6.07) is 0. The number of nitrogens with zero attached hydrogens (tertiary/aromatic N) is 2. The Morgan fingerprint density at radius 3 is 2.93 bits per heavy atom. The Bertz CT molecular complexity index is 822. The Kier molecular flexibility index (Phi) is 5.41. The van der Waals surface area contributed by atoms with Crippen molar-refractivity contribution >= 4 is 5.90 Å². The minimum Gasteiger partial charge on any atom is -0.488 e. The Morgan fingerprint density at radius 1 is 1.11 bits per heavy atom. The number of likely N-dealkylation sites (N-methyl/N-ethyl adjacent to an activating group) is 1. The lowest BCUT2D eigenvalue weighted by molar-refractivity contribution is 0.116. The molecule has 5 nitrogen and oxygen atoms in total. The fraction of sp³-hybridized carbons (Fsp3) is 0.409. The van der Waals surface area contributed by atoms with E-state index in [2.05, 4.69) is 34.2 Å². The highest BCUT2D eigenvalue weighted by Crippen LogP contribution is 2.41. The normalized spacial score (nSPS) is 20.3. The van der Waals surface area contributed by atoms with Crippen LogP contribution in [0.2, 0.25) is 0 Å². The summed E-state index contributed by atoms with van der Waals surface area (Å²) < 4.78 is 17.8. The summed E-state index contributed by atoms with van der Waals surface area (Å²) in [7, 11) is 4.10. The van der Waals surface area contributed by atoms with Crippen molar-refractivity contribution in [3.05, 3.63) is 70.4 Å². The highest BCUT2D eigenvalue weighted by molar-refractivity contribution is 5.81. The highest BCUT2D eigenvalue weighted by atomic mass is 16.5. The van der Waals surface area contributed by atoms with Gasteiger partial charge in [-0.2, -0.15) is 0 Å². The predicted molar refractivity (Wildman–Crippen MR) is 106 cm³/mol. The van der Waals surface area contributed by atoms with E-state index in [1.54, 1.807) is 0 Å². The third-order valence-corrected chi connectivity index (χ3v) is 4.82. The fourth-order valence-electron chi connectivity index (χ4n) is 3.41. The van der Waals surface area contributed by atoms with Crippen LogP contribution in [-0.4, -0.2) is 51.3 Å². The van der Waals surface area contributed by atoms with Crippen molar-refractivity contribution in [3.63, 3.8) is 0 Å². The van der Waals surface area contributed by atoms with Crippen molar-refractivity contribution in [2.75, 3.05) is 40.5 Å². The van der Waals surface area contributed by atoms with Crippen LogP contribution in [0.15, 0.2) is 75.4 Å². The summed E-state index contributed by atoms with van der Waals surface area (Å²) in [5, 5.41) is 0. The molecule has 4 rings (SSSR count). The topological polar surface area (TPSA) is 43.3 Å². The number of hydrogen-bond acceptors (Lipinski definition) is 5. The maximum absolute atomic E-state index is 6.23. The third-order valence-electron chi connectivity index (χ3n) is 4.82. The van der Waals surface area contributed by atoms with Crippen molar-refractivity contribution in [2.24, 2.45) is 4.99 Å². The van der Waals surface area contributed by atoms with Gasteiger partial charge >= 0.3 is 0 Å². The average Bonchev–Trinajstić information content (AvgIpc) is 2.94. The van der Waals surface area contributed by atoms with Crippen LogP contribution in [-0.2, 0) is 14.2 Å². The first-order valence-electron chi connectivity index (χ1n) is 9.55. The maximum atomic E-state index is 6.23. The molecule has 4 aliphatic rings. The van der Waals surface area contributed by atoms with Crippen molar-refractivity contribution in [2.45, 2.75) is 19.3 Å². The first-order chi connectivity index (χ1) is 13.2. The lowest BCUT2D eigenvalue weighted by atomic mass is 10.1. The number of allylic oxidation sites excluding steroid dienone is 7. The van der Waals surface area contributed by atoms with Gasteiger partial charge in [-0.05, 0) is 39.1 Å². The van der Waals surface area contributed by atoms with Gasteiger partial charge in [-0.1, -0.05) is 18.2 Å². The molecule has 0 saturated carbocycles. The first-order valence-corrected chi connectivity index (χ1v) is 9.55. The molecule has 0 fully saturated rings. The number of ether oxygens (including phenoxy) is 3. The Labute approximate surface area is 160 Å². The van der Waals surface area contributed by atoms with Crippen molar-refractivity contribution in [1.29, 1.82) is 0 Å². The van der Waals surface area contributed by atoms with Gasteiger partial charge in [0.2, 0.25) is 0 Å². The molecule has 142 valence electrons. The molecular weight excluding hydrogens is 340 g/mol. The first kappa shape index (κ1) is 18.0. The van der Waals surface area contributed by atoms with Gasteiger partial charge in [-0.15, -0.1) is 0 Å². The van der Waals surface area contributed by atoms with E-state index in [1.807, 2.05) is 26.4 Å². The minimum absolute atomic E-state index is 0.622. The zero-order valence-corrected chi connectivity index (χ0v) is 16.0. The van der Waals surface area contributed by atoms with Crippen molar-refractivity contribution < 1.29 is 14.2 Å². The van der Waals surface area contributed by atoms with Gasteiger partial charge in [0, 0.05) is 48.1 Å². The molecule has 5 heteroatoms. The highest BCUT2D eigenvalue weighted by Gasteiger charge is 2.29. The monoisotopic (exact) mass is 366 g/mol. The molecule has 0 aromatic rings. The van der Waals surface area contributed by atoms with E-state index in [0.29, 0.717) is 6.61 Å². The summed E-state index contributed by atoms with van der Waals surface area (Å²) in [6.45, 7) is 3.04. The molecule has 0 aromatic carbocycles. The van der Waals surface area contributed by atoms with Gasteiger partial charge in [0.25, 0.3) is 0 Å². The summed E-state index contributed by atoms with van der Waals surface area (Å²) in [6.07, 6.45) is 15.1. The molecule has 0 N–H and O–H groups in total. The standard InChI is InChI=1S/C22H26N2O3/c1-24(2)10-13-25-11-5-9-20-23-15-17-6-3-8-18-19(22(17)27-20)14-16-7-4-12-26-21(16)18/h3-4,7-8,14-15H,5-6,9-13H2,1-2H3. The summed E-state index contributed by atoms with van der Waals surface area (Å²) in [5.41, 5.74) is 4.44. The summed E-state index contributed by atoms with van der Waals surface area (Å²) in [4.78, 5) is 6.64. The number of aliphatic imine (C=N–C) groups is 1. The van der Waals surface area contributed by atoms with E-state index < -0.39 is 0 Å². The molecule has 0 aromatic heterocycles. The van der Waals surface area contributed by atoms with Gasteiger partial charge in [0.1, 0.15) is 18.1 Å². The quantitative estimate of drug-likeness (QED) is 0.645. The van der Waals surface area contributed by atoms with Crippen LogP contribution < -0.4 is 0 Å². The molecule has 0 atom stereocenters. The van der Waals surface area contributed by atoms with Crippen LogP contribution in [0.25, 0.3) is 0 Å². The van der Waals surface area contributed by atoms with E-state index in [4.69, 9.17) is 14.2 Å². The molecule has 0 unspecified atom stereocenters. The van der Waals surface area contributed by atoms with Crippen molar-refractivity contribution in [1.82, 2.24) is 4.90 Å². The molecule has 0 bridgehead atoms. The molecule has 2 heterocycles. The largest absolute Gasteiger partial charge is 0.488 e. The molecule has 0 radical (unpaired) electrons. The fourth-order valence-corrected chi connectivity index (χ4v) is 3.41. The Balaban J connectivity index is 1.44. The maximum Gasteiger partial charge on any atom is 0.194 e. The molecule has 0 saturated heterocycles. The van der Waals surface area contributed by atoms with Gasteiger partial charge in [0.15, 0.2) is 5.90 Å². The number of hydrogen-bond donors (Lipinski definition) is 0. The third kappa shape index (κ3) is 3.99. The van der Waals surface area contributed by atoms with E-state index in [-0.39, 0.29) is 0 Å². The van der Waals surface area contributed by atoms with Crippen LogP contribution in [0.3, 0.4) is 0 Å². The number of fused-ring (bicyclic) bond motifs is 3. The second kappa shape index (κ2) is 8.11. The van der Waals surface area contributed by atoms with Gasteiger partial charge in [0.05, 0.1) is 6.61 Å². The van der Waals surface area contributed by atoms with E-state index >= 15 is 0 Å². The van der Waals surface area contributed by atoms with E-state index in [1.165, 1.54) is 0 Å². The Hall–Kier alpha value is -2.37. The SMILES string of the molecule is CN(C)CCOCCCC1=NC=C2CC=CC3=C4OCC=CC4=CC3=C2O1. The molecule has 2 aliphatic heterocycles. The second-order valence-corrected chi connectivity index (χ2v) is 7.20. The van der Waals surface area contributed by atoms with Crippen LogP contribution in [0.4, 0.5) is 0 Å². The molecule has 2 aliphatic carbocycles.